The van der Waals surface area contributed by atoms with Crippen molar-refractivity contribution >= 4 is 11.6 Å². The summed E-state index contributed by atoms with van der Waals surface area (Å²) < 4.78 is 0. The van der Waals surface area contributed by atoms with Gasteiger partial charge < -0.3 is 0 Å². The predicted molar refractivity (Wildman–Crippen MR) is 88.5 cm³/mol. The first-order valence-corrected chi connectivity index (χ1v) is 8.43. The predicted octanol–water partition coefficient (Wildman–Crippen LogP) is 4.97. The molecule has 1 nitrogen and oxygen atoms in total. The number of rotatable bonds is 5. The van der Waals surface area contributed by atoms with Crippen LogP contribution >= 0.6 is 11.6 Å². The summed E-state index contributed by atoms with van der Waals surface area (Å²) in [7, 11) is 0. The molecule has 1 aromatic carbocycles. The average Bonchev–Trinajstić information content (AvgIpc) is 2.91. The first-order valence-electron chi connectivity index (χ1n) is 7.90. The largest absolute Gasteiger partial charge is 0.295 e. The van der Waals surface area contributed by atoms with E-state index >= 15 is 0 Å². The van der Waals surface area contributed by atoms with Crippen molar-refractivity contribution in [1.29, 1.82) is 0 Å². The van der Waals surface area contributed by atoms with Crippen LogP contribution in [0, 0.1) is 0 Å². The molecule has 0 spiro atoms. The molecule has 0 atom stereocenters. The van der Waals surface area contributed by atoms with Gasteiger partial charge in [0.25, 0.3) is 0 Å². The molecule has 1 aliphatic carbocycles. The van der Waals surface area contributed by atoms with E-state index in [1.54, 1.807) is 0 Å². The zero-order valence-electron chi connectivity index (χ0n) is 13.2. The Balaban J connectivity index is 2.02. The van der Waals surface area contributed by atoms with Crippen molar-refractivity contribution < 1.29 is 0 Å². The molecule has 0 N–H and O–H groups in total. The van der Waals surface area contributed by atoms with Crippen molar-refractivity contribution in [3.63, 3.8) is 0 Å². The molecule has 0 aliphatic heterocycles. The molecule has 0 bridgehead atoms. The van der Waals surface area contributed by atoms with E-state index in [0.717, 1.165) is 25.0 Å². The Morgan fingerprint density at radius 2 is 1.70 bits per heavy atom. The minimum absolute atomic E-state index is 0.236. The quantitative estimate of drug-likeness (QED) is 0.693. The maximum Gasteiger partial charge on any atom is 0.0351 e. The molecule has 2 rings (SSSR count). The lowest BCUT2D eigenvalue weighted by Gasteiger charge is -2.28. The average molecular weight is 294 g/mol. The summed E-state index contributed by atoms with van der Waals surface area (Å²) in [4.78, 5) is 2.58. The van der Waals surface area contributed by atoms with Crippen LogP contribution in [0.3, 0.4) is 0 Å². The second-order valence-corrected chi connectivity index (χ2v) is 7.42. The molecular formula is C18H28ClN. The highest BCUT2D eigenvalue weighted by Crippen LogP contribution is 2.26. The second-order valence-electron chi connectivity index (χ2n) is 7.04. The highest BCUT2D eigenvalue weighted by molar-refractivity contribution is 6.18. The Kier molecular flexibility index (Phi) is 5.51. The molecule has 20 heavy (non-hydrogen) atoms. The van der Waals surface area contributed by atoms with E-state index in [9.17, 15) is 0 Å². The summed E-state index contributed by atoms with van der Waals surface area (Å²) in [5.41, 5.74) is 3.06. The Hall–Kier alpha value is -0.530. The molecule has 0 amide bonds. The van der Waals surface area contributed by atoms with E-state index in [2.05, 4.69) is 49.9 Å². The van der Waals surface area contributed by atoms with Crippen LogP contribution in [0.15, 0.2) is 24.3 Å². The van der Waals surface area contributed by atoms with E-state index in [0.29, 0.717) is 0 Å². The number of nitrogens with zero attached hydrogens (tertiary/aromatic N) is 1. The highest BCUT2D eigenvalue weighted by Gasteiger charge is 2.22. The van der Waals surface area contributed by atoms with Crippen LogP contribution in [0.1, 0.15) is 57.6 Å². The van der Waals surface area contributed by atoms with Crippen molar-refractivity contribution in [2.24, 2.45) is 0 Å². The topological polar surface area (TPSA) is 3.24 Å². The van der Waals surface area contributed by atoms with E-state index in [-0.39, 0.29) is 5.41 Å². The Bertz CT molecular complexity index is 398. The molecule has 0 heterocycles. The van der Waals surface area contributed by atoms with Gasteiger partial charge in [-0.3, -0.25) is 4.90 Å². The minimum atomic E-state index is 0.236. The summed E-state index contributed by atoms with van der Waals surface area (Å²) in [5.74, 6) is 0.733. The van der Waals surface area contributed by atoms with Crippen LogP contribution < -0.4 is 0 Å². The Morgan fingerprint density at radius 1 is 1.10 bits per heavy atom. The van der Waals surface area contributed by atoms with Gasteiger partial charge in [0.15, 0.2) is 0 Å². The zero-order chi connectivity index (χ0) is 14.6. The van der Waals surface area contributed by atoms with Crippen molar-refractivity contribution in [2.45, 2.75) is 64.5 Å². The Labute approximate surface area is 129 Å². The summed E-state index contributed by atoms with van der Waals surface area (Å²) in [6, 6.07) is 9.88. The fourth-order valence-corrected chi connectivity index (χ4v) is 3.33. The van der Waals surface area contributed by atoms with Crippen LogP contribution in [-0.4, -0.2) is 23.4 Å². The first kappa shape index (κ1) is 15.9. The van der Waals surface area contributed by atoms with Gasteiger partial charge in [0.1, 0.15) is 0 Å². The molecule has 1 aromatic rings. The molecule has 0 saturated heterocycles. The molecular weight excluding hydrogens is 266 g/mol. The van der Waals surface area contributed by atoms with Gasteiger partial charge >= 0.3 is 0 Å². The third kappa shape index (κ3) is 4.23. The fraction of sp³-hybridized carbons (Fsp3) is 0.667. The third-order valence-corrected chi connectivity index (χ3v) is 4.59. The van der Waals surface area contributed by atoms with E-state index in [4.69, 9.17) is 11.6 Å². The summed E-state index contributed by atoms with van der Waals surface area (Å²) in [5, 5.41) is 0. The number of halogens is 1. The van der Waals surface area contributed by atoms with E-state index < -0.39 is 0 Å². The maximum atomic E-state index is 5.98. The molecule has 2 heteroatoms. The van der Waals surface area contributed by atoms with Gasteiger partial charge in [-0.05, 0) is 29.4 Å². The van der Waals surface area contributed by atoms with Crippen molar-refractivity contribution in [3.8, 4) is 0 Å². The lowest BCUT2D eigenvalue weighted by Crippen LogP contribution is -2.34. The van der Waals surface area contributed by atoms with Gasteiger partial charge in [-0.1, -0.05) is 57.9 Å². The van der Waals surface area contributed by atoms with Crippen molar-refractivity contribution in [1.82, 2.24) is 4.90 Å². The van der Waals surface area contributed by atoms with Crippen LogP contribution in [0.4, 0.5) is 0 Å². The SMILES string of the molecule is CC(C)(C)c1ccc(CN(CCCl)C2CCCC2)cc1. The van der Waals surface area contributed by atoms with Gasteiger partial charge in [-0.25, -0.2) is 0 Å². The smallest absolute Gasteiger partial charge is 0.0351 e. The van der Waals surface area contributed by atoms with Crippen LogP contribution in [0.2, 0.25) is 0 Å². The molecule has 1 fully saturated rings. The number of hydrogen-bond acceptors (Lipinski definition) is 1. The third-order valence-electron chi connectivity index (χ3n) is 4.42. The summed E-state index contributed by atoms with van der Waals surface area (Å²) in [6.07, 6.45) is 5.45. The number of alkyl halides is 1. The highest BCUT2D eigenvalue weighted by atomic mass is 35.5. The van der Waals surface area contributed by atoms with Crippen LogP contribution in [0.25, 0.3) is 0 Å². The molecule has 0 radical (unpaired) electrons. The molecule has 112 valence electrons. The van der Waals surface area contributed by atoms with Gasteiger partial charge in [-0.15, -0.1) is 11.6 Å². The minimum Gasteiger partial charge on any atom is -0.295 e. The summed E-state index contributed by atoms with van der Waals surface area (Å²) in [6.45, 7) is 8.84. The monoisotopic (exact) mass is 293 g/mol. The van der Waals surface area contributed by atoms with Crippen LogP contribution in [0.5, 0.6) is 0 Å². The number of benzene rings is 1. The standard InChI is InChI=1S/C18H28ClN/c1-18(2,3)16-10-8-15(9-11-16)14-20(13-12-19)17-6-4-5-7-17/h8-11,17H,4-7,12-14H2,1-3H3. The van der Waals surface area contributed by atoms with Crippen molar-refractivity contribution in [3.05, 3.63) is 35.4 Å². The lowest BCUT2D eigenvalue weighted by atomic mass is 9.87. The van der Waals surface area contributed by atoms with E-state index in [1.165, 1.54) is 36.8 Å². The van der Waals surface area contributed by atoms with E-state index in [1.807, 2.05) is 0 Å². The van der Waals surface area contributed by atoms with Gasteiger partial charge in [-0.2, -0.15) is 0 Å². The lowest BCUT2D eigenvalue weighted by molar-refractivity contribution is 0.201. The fourth-order valence-electron chi connectivity index (χ4n) is 3.11. The van der Waals surface area contributed by atoms with Crippen LogP contribution in [-0.2, 0) is 12.0 Å². The van der Waals surface area contributed by atoms with Gasteiger partial charge in [0, 0.05) is 25.0 Å². The maximum absolute atomic E-state index is 5.98. The first-order chi connectivity index (χ1) is 9.50. The Morgan fingerprint density at radius 3 is 2.20 bits per heavy atom. The summed E-state index contributed by atoms with van der Waals surface area (Å²) >= 11 is 5.98. The van der Waals surface area contributed by atoms with Crippen molar-refractivity contribution in [2.75, 3.05) is 12.4 Å². The number of hydrogen-bond donors (Lipinski definition) is 0. The zero-order valence-corrected chi connectivity index (χ0v) is 13.9. The second kappa shape index (κ2) is 6.95. The molecule has 1 saturated carbocycles. The molecule has 0 aromatic heterocycles. The molecule has 1 aliphatic rings. The van der Waals surface area contributed by atoms with Gasteiger partial charge in [0.05, 0.1) is 0 Å². The molecule has 0 unspecified atom stereocenters. The van der Waals surface area contributed by atoms with Gasteiger partial charge in [0.2, 0.25) is 0 Å². The normalized spacial score (nSPS) is 17.1.